The fourth-order valence-corrected chi connectivity index (χ4v) is 10.00. The van der Waals surface area contributed by atoms with Crippen molar-refractivity contribution in [3.8, 4) is 17.0 Å². The highest BCUT2D eigenvalue weighted by Gasteiger charge is 2.38. The van der Waals surface area contributed by atoms with Crippen LogP contribution in [-0.2, 0) is 24.6 Å². The molecule has 0 radical (unpaired) electrons. The zero-order chi connectivity index (χ0) is 37.6. The molecule has 0 spiro atoms. The lowest BCUT2D eigenvalue weighted by molar-refractivity contribution is 0.0655. The number of carbonyl (C=O) groups is 2. The summed E-state index contributed by atoms with van der Waals surface area (Å²) >= 11 is 0. The highest BCUT2D eigenvalue weighted by atomic mass is 32.2. The topological polar surface area (TPSA) is 102 Å². The third-order valence-electron chi connectivity index (χ3n) is 11.3. The van der Waals surface area contributed by atoms with E-state index in [0.29, 0.717) is 29.3 Å². The molecule has 282 valence electrons. The summed E-state index contributed by atoms with van der Waals surface area (Å²) < 4.78 is 25.4. The van der Waals surface area contributed by atoms with Gasteiger partial charge in [0, 0.05) is 53.5 Å². The molecule has 1 N–H and O–H groups in total. The smallest absolute Gasteiger partial charge is 0.263 e. The molecule has 3 unspecified atom stereocenters. The van der Waals surface area contributed by atoms with Crippen LogP contribution in [-0.4, -0.2) is 85.8 Å². The number of carbonyl (C=O) groups excluding carboxylic acids is 2. The van der Waals surface area contributed by atoms with Crippen molar-refractivity contribution < 1.29 is 18.5 Å². The van der Waals surface area contributed by atoms with Crippen LogP contribution in [0.5, 0.6) is 5.75 Å². The first kappa shape index (κ1) is 37.1. The molecular formula is C42H54N6O4S. The lowest BCUT2D eigenvalue weighted by Gasteiger charge is -2.30. The molecule has 11 heteroatoms. The predicted molar refractivity (Wildman–Crippen MR) is 213 cm³/mol. The normalized spacial score (nSPS) is 19.6. The number of benzene rings is 2. The van der Waals surface area contributed by atoms with Gasteiger partial charge in [-0.1, -0.05) is 39.2 Å². The molecule has 2 aromatic heterocycles. The van der Waals surface area contributed by atoms with E-state index in [1.54, 1.807) is 13.3 Å². The number of likely N-dealkylation sites (N-methyl/N-ethyl adjacent to an activating group) is 1. The first-order valence-electron chi connectivity index (χ1n) is 19.2. The Bertz CT molecular complexity index is 2090. The second-order valence-electron chi connectivity index (χ2n) is 16.0. The number of nitrogens with one attached hydrogen (secondary N) is 1. The van der Waals surface area contributed by atoms with Crippen molar-refractivity contribution in [2.75, 3.05) is 33.5 Å². The molecule has 2 aliphatic heterocycles. The van der Waals surface area contributed by atoms with E-state index >= 15 is 0 Å². The minimum absolute atomic E-state index is 0.00907. The molecule has 2 aromatic carbocycles. The number of hydrogen-bond acceptors (Lipinski definition) is 6. The Morgan fingerprint density at radius 1 is 1.04 bits per heavy atom. The van der Waals surface area contributed by atoms with Gasteiger partial charge in [0.2, 0.25) is 0 Å². The molecule has 1 aliphatic carbocycles. The number of aromatic nitrogens is 3. The summed E-state index contributed by atoms with van der Waals surface area (Å²) in [6, 6.07) is 12.5. The zero-order valence-electron chi connectivity index (χ0n) is 32.3. The van der Waals surface area contributed by atoms with Gasteiger partial charge in [-0.25, -0.2) is 4.21 Å². The second-order valence-corrected chi connectivity index (χ2v) is 17.2. The van der Waals surface area contributed by atoms with Gasteiger partial charge in [-0.3, -0.25) is 19.0 Å². The molecule has 0 bridgehead atoms. The summed E-state index contributed by atoms with van der Waals surface area (Å²) in [5, 5.41) is 5.83. The predicted octanol–water partition coefficient (Wildman–Crippen LogP) is 7.26. The number of rotatable bonds is 10. The summed E-state index contributed by atoms with van der Waals surface area (Å²) in [6.07, 6.45) is 11.7. The SMILES string of the molecule is COc1ccc2c(c1)C=C(c1c(C(=O)N3C(C)CCC3CN(C)C)cnn1C)Cn1c-2c(C2CCCCC2)c2ccc(C(=O)NS(=O)CC(C)C)cc21. The van der Waals surface area contributed by atoms with Crippen molar-refractivity contribution in [1.29, 1.82) is 0 Å². The van der Waals surface area contributed by atoms with Crippen LogP contribution in [0.3, 0.4) is 0 Å². The van der Waals surface area contributed by atoms with E-state index < -0.39 is 11.0 Å². The van der Waals surface area contributed by atoms with E-state index in [2.05, 4.69) is 64.4 Å². The Morgan fingerprint density at radius 3 is 2.53 bits per heavy atom. The molecule has 4 heterocycles. The standard InChI is InChI=1S/C42H54N6O4S/c1-26(2)25-53(51)44-41(49)29-14-17-35-37(21-29)47-23-31(39-36(22-43-46(39)6)42(50)48-27(3)13-15-32(48)24-45(4)5)19-30-20-33(52-7)16-18-34(30)40(47)38(35)28-11-9-8-10-12-28/h14,16-22,26-28,32H,8-13,15,23-25H2,1-7H3,(H,44,49). The van der Waals surface area contributed by atoms with Crippen molar-refractivity contribution in [2.24, 2.45) is 13.0 Å². The highest BCUT2D eigenvalue weighted by molar-refractivity contribution is 7.83. The van der Waals surface area contributed by atoms with E-state index in [9.17, 15) is 13.8 Å². The maximum atomic E-state index is 14.6. The summed E-state index contributed by atoms with van der Waals surface area (Å²) in [7, 11) is 6.25. The van der Waals surface area contributed by atoms with Crippen LogP contribution in [0.15, 0.2) is 42.6 Å². The van der Waals surface area contributed by atoms with Gasteiger partial charge in [0.15, 0.2) is 0 Å². The van der Waals surface area contributed by atoms with Crippen molar-refractivity contribution >= 4 is 45.4 Å². The van der Waals surface area contributed by atoms with Gasteiger partial charge in [0.25, 0.3) is 11.8 Å². The van der Waals surface area contributed by atoms with Gasteiger partial charge < -0.3 is 19.1 Å². The largest absolute Gasteiger partial charge is 0.497 e. The van der Waals surface area contributed by atoms with Crippen LogP contribution in [0.2, 0.25) is 0 Å². The van der Waals surface area contributed by atoms with Crippen LogP contribution in [0, 0.1) is 5.92 Å². The number of ether oxygens (including phenoxy) is 1. The van der Waals surface area contributed by atoms with Crippen molar-refractivity contribution in [1.82, 2.24) is 28.9 Å². The number of nitrogens with zero attached hydrogens (tertiary/aromatic N) is 5. The third kappa shape index (κ3) is 7.22. The summed E-state index contributed by atoms with van der Waals surface area (Å²) in [5.41, 5.74) is 8.33. The minimum atomic E-state index is -1.47. The summed E-state index contributed by atoms with van der Waals surface area (Å²) in [5.74, 6) is 1.38. The average Bonchev–Trinajstić information content (AvgIpc) is 3.75. The Labute approximate surface area is 316 Å². The van der Waals surface area contributed by atoms with E-state index in [4.69, 9.17) is 9.84 Å². The Morgan fingerprint density at radius 2 is 1.81 bits per heavy atom. The fourth-order valence-electron chi connectivity index (χ4n) is 8.99. The Balaban J connectivity index is 1.41. The Hall–Kier alpha value is -4.22. The van der Waals surface area contributed by atoms with E-state index in [0.717, 1.165) is 77.0 Å². The van der Waals surface area contributed by atoms with E-state index in [-0.39, 0.29) is 29.8 Å². The van der Waals surface area contributed by atoms with Crippen molar-refractivity contribution in [2.45, 2.75) is 90.3 Å². The Kier molecular flexibility index (Phi) is 10.7. The van der Waals surface area contributed by atoms with Crippen LogP contribution < -0.4 is 9.46 Å². The molecule has 53 heavy (non-hydrogen) atoms. The van der Waals surface area contributed by atoms with Gasteiger partial charge in [-0.2, -0.15) is 5.10 Å². The molecule has 3 aliphatic rings. The number of hydrogen-bond donors (Lipinski definition) is 1. The lowest BCUT2D eigenvalue weighted by atomic mass is 9.81. The molecule has 1 saturated heterocycles. The van der Waals surface area contributed by atoms with Crippen LogP contribution in [0.1, 0.15) is 109 Å². The molecule has 2 fully saturated rings. The van der Waals surface area contributed by atoms with Gasteiger partial charge in [0.1, 0.15) is 16.7 Å². The quantitative estimate of drug-likeness (QED) is 0.184. The lowest BCUT2D eigenvalue weighted by Crippen LogP contribution is -2.44. The highest BCUT2D eigenvalue weighted by Crippen LogP contribution is 2.48. The first-order valence-corrected chi connectivity index (χ1v) is 20.5. The van der Waals surface area contributed by atoms with E-state index in [1.807, 2.05) is 43.8 Å². The first-order chi connectivity index (χ1) is 25.4. The molecule has 7 rings (SSSR count). The van der Waals surface area contributed by atoms with Gasteiger partial charge in [0.05, 0.1) is 36.8 Å². The number of allylic oxidation sites excluding steroid dienone is 1. The molecule has 2 amide bonds. The molecule has 1 saturated carbocycles. The van der Waals surface area contributed by atoms with Gasteiger partial charge in [-0.05, 0) is 112 Å². The van der Waals surface area contributed by atoms with Gasteiger partial charge >= 0.3 is 0 Å². The van der Waals surface area contributed by atoms with Crippen LogP contribution in [0.25, 0.3) is 33.8 Å². The zero-order valence-corrected chi connectivity index (χ0v) is 33.1. The number of fused-ring (bicyclic) bond motifs is 5. The van der Waals surface area contributed by atoms with Crippen molar-refractivity contribution in [3.05, 3.63) is 70.5 Å². The number of aryl methyl sites for hydroxylation is 1. The third-order valence-corrected chi connectivity index (χ3v) is 12.7. The molecule has 3 atom stereocenters. The number of amides is 2. The summed E-state index contributed by atoms with van der Waals surface area (Å²) in [6.45, 7) is 7.41. The number of likely N-dealkylation sites (tertiary alicyclic amines) is 1. The molecule has 10 nitrogen and oxygen atoms in total. The minimum Gasteiger partial charge on any atom is -0.497 e. The van der Waals surface area contributed by atoms with Crippen LogP contribution >= 0.6 is 0 Å². The average molecular weight is 739 g/mol. The number of methoxy groups -OCH3 is 1. The monoisotopic (exact) mass is 738 g/mol. The van der Waals surface area contributed by atoms with Crippen LogP contribution in [0.4, 0.5) is 0 Å². The maximum Gasteiger partial charge on any atom is 0.263 e. The second kappa shape index (κ2) is 15.3. The summed E-state index contributed by atoms with van der Waals surface area (Å²) in [4.78, 5) is 32.4. The maximum absolute atomic E-state index is 14.6. The molecular weight excluding hydrogens is 685 g/mol. The molecule has 4 aromatic rings. The fraction of sp³-hybridized carbons (Fsp3) is 0.500. The van der Waals surface area contributed by atoms with Crippen molar-refractivity contribution in [3.63, 3.8) is 0 Å². The van der Waals surface area contributed by atoms with E-state index in [1.165, 1.54) is 24.8 Å². The van der Waals surface area contributed by atoms with Gasteiger partial charge in [-0.15, -0.1) is 0 Å².